The van der Waals surface area contributed by atoms with Crippen LogP contribution in [0.15, 0.2) is 36.4 Å². The molecule has 1 N–H and O–H groups in total. The summed E-state index contributed by atoms with van der Waals surface area (Å²) in [7, 11) is 0. The van der Waals surface area contributed by atoms with E-state index in [4.69, 9.17) is 0 Å². The second kappa shape index (κ2) is 5.54. The number of hydrogen-bond acceptors (Lipinski definition) is 1. The Kier molecular flexibility index (Phi) is 4.01. The maximum Gasteiger partial charge on any atom is 0.126 e. The molecule has 1 unspecified atom stereocenters. The van der Waals surface area contributed by atoms with Crippen LogP contribution in [-0.2, 0) is 6.42 Å². The summed E-state index contributed by atoms with van der Waals surface area (Å²) in [5.74, 6) is -0.267. The molecule has 2 aromatic rings. The van der Waals surface area contributed by atoms with E-state index in [1.165, 1.54) is 17.2 Å². The molecule has 0 bridgehead atoms. The summed E-state index contributed by atoms with van der Waals surface area (Å²) >= 11 is 0. The van der Waals surface area contributed by atoms with Crippen molar-refractivity contribution in [1.29, 1.82) is 0 Å². The molecule has 0 saturated carbocycles. The lowest BCUT2D eigenvalue weighted by Gasteiger charge is -2.13. The van der Waals surface area contributed by atoms with Gasteiger partial charge in [0.25, 0.3) is 0 Å². The molecular weight excluding hydrogens is 239 g/mol. The molecule has 2 heteroatoms. The lowest BCUT2D eigenvalue weighted by molar-refractivity contribution is 0.178. The van der Waals surface area contributed by atoms with Crippen molar-refractivity contribution < 1.29 is 9.50 Å². The second-order valence-corrected chi connectivity index (χ2v) is 5.15. The molecule has 19 heavy (non-hydrogen) atoms. The zero-order valence-corrected chi connectivity index (χ0v) is 11.6. The third-order valence-electron chi connectivity index (χ3n) is 3.58. The van der Waals surface area contributed by atoms with E-state index in [2.05, 4.69) is 19.9 Å². The molecule has 2 rings (SSSR count). The largest absolute Gasteiger partial charge is 0.388 e. The Bertz CT molecular complexity index is 590. The summed E-state index contributed by atoms with van der Waals surface area (Å²) in [6.45, 7) is 5.83. The molecule has 0 aliphatic rings. The van der Waals surface area contributed by atoms with Crippen LogP contribution >= 0.6 is 0 Å². The fraction of sp³-hybridized carbons (Fsp3) is 0.294. The predicted octanol–water partition coefficient (Wildman–Crippen LogP) is 4.03. The van der Waals surface area contributed by atoms with Crippen LogP contribution in [0.4, 0.5) is 4.39 Å². The highest BCUT2D eigenvalue weighted by atomic mass is 19.1. The summed E-state index contributed by atoms with van der Waals surface area (Å²) < 4.78 is 13.5. The molecule has 0 saturated heterocycles. The Morgan fingerprint density at radius 1 is 0.947 bits per heavy atom. The summed E-state index contributed by atoms with van der Waals surface area (Å²) in [5.41, 5.74) is 4.74. The average molecular weight is 258 g/mol. The van der Waals surface area contributed by atoms with Crippen molar-refractivity contribution in [3.05, 3.63) is 70.0 Å². The number of aliphatic hydroxyl groups excluding tert-OH is 1. The topological polar surface area (TPSA) is 20.2 Å². The van der Waals surface area contributed by atoms with Crippen molar-refractivity contribution in [3.63, 3.8) is 0 Å². The first-order chi connectivity index (χ1) is 8.97. The Morgan fingerprint density at radius 2 is 1.63 bits per heavy atom. The van der Waals surface area contributed by atoms with E-state index in [9.17, 15) is 9.50 Å². The van der Waals surface area contributed by atoms with Gasteiger partial charge in [-0.25, -0.2) is 4.39 Å². The Labute approximate surface area is 113 Å². The molecule has 0 spiro atoms. The van der Waals surface area contributed by atoms with E-state index >= 15 is 0 Å². The van der Waals surface area contributed by atoms with Crippen molar-refractivity contribution in [3.8, 4) is 0 Å². The van der Waals surface area contributed by atoms with Crippen LogP contribution < -0.4 is 0 Å². The molecule has 0 amide bonds. The van der Waals surface area contributed by atoms with Gasteiger partial charge in [0.2, 0.25) is 0 Å². The van der Waals surface area contributed by atoms with E-state index in [0.29, 0.717) is 17.5 Å². The van der Waals surface area contributed by atoms with Crippen molar-refractivity contribution in [2.24, 2.45) is 0 Å². The number of aryl methyl sites for hydroxylation is 3. The number of aliphatic hydroxyl groups is 1. The smallest absolute Gasteiger partial charge is 0.126 e. The maximum absolute atomic E-state index is 13.5. The number of halogens is 1. The summed E-state index contributed by atoms with van der Waals surface area (Å²) in [6.07, 6.45) is -0.166. The van der Waals surface area contributed by atoms with E-state index < -0.39 is 6.10 Å². The molecule has 1 nitrogen and oxygen atoms in total. The normalized spacial score (nSPS) is 12.5. The summed E-state index contributed by atoms with van der Waals surface area (Å²) in [6, 6.07) is 11.0. The molecular formula is C17H19FO. The van der Waals surface area contributed by atoms with E-state index in [1.807, 2.05) is 12.1 Å². The minimum atomic E-state index is -0.669. The van der Waals surface area contributed by atoms with Gasteiger partial charge in [-0.15, -0.1) is 0 Å². The Balaban J connectivity index is 2.17. The minimum absolute atomic E-state index is 0.267. The zero-order chi connectivity index (χ0) is 14.0. The second-order valence-electron chi connectivity index (χ2n) is 5.15. The van der Waals surface area contributed by atoms with Gasteiger partial charge in [-0.1, -0.05) is 30.3 Å². The lowest BCUT2D eigenvalue weighted by atomic mass is 9.98. The first kappa shape index (κ1) is 13.8. The highest BCUT2D eigenvalue weighted by molar-refractivity contribution is 5.32. The third kappa shape index (κ3) is 3.21. The first-order valence-electron chi connectivity index (χ1n) is 6.47. The van der Waals surface area contributed by atoms with Crippen molar-refractivity contribution in [2.75, 3.05) is 0 Å². The van der Waals surface area contributed by atoms with Gasteiger partial charge in [0.15, 0.2) is 0 Å². The van der Waals surface area contributed by atoms with Crippen LogP contribution in [-0.4, -0.2) is 5.11 Å². The maximum atomic E-state index is 13.5. The molecule has 0 aliphatic carbocycles. The van der Waals surface area contributed by atoms with Crippen LogP contribution in [0.3, 0.4) is 0 Å². The fourth-order valence-corrected chi connectivity index (χ4v) is 2.09. The molecule has 0 heterocycles. The summed E-state index contributed by atoms with van der Waals surface area (Å²) in [5, 5.41) is 10.2. The Morgan fingerprint density at radius 3 is 2.26 bits per heavy atom. The van der Waals surface area contributed by atoms with Gasteiger partial charge in [0, 0.05) is 6.42 Å². The first-order valence-corrected chi connectivity index (χ1v) is 6.47. The molecule has 2 aromatic carbocycles. The van der Waals surface area contributed by atoms with Crippen LogP contribution in [0.5, 0.6) is 0 Å². The molecule has 0 aromatic heterocycles. The van der Waals surface area contributed by atoms with Crippen molar-refractivity contribution in [2.45, 2.75) is 33.3 Å². The van der Waals surface area contributed by atoms with Crippen molar-refractivity contribution >= 4 is 0 Å². The summed E-state index contributed by atoms with van der Waals surface area (Å²) in [4.78, 5) is 0. The zero-order valence-electron chi connectivity index (χ0n) is 11.6. The van der Waals surface area contributed by atoms with Gasteiger partial charge >= 0.3 is 0 Å². The van der Waals surface area contributed by atoms with Gasteiger partial charge in [-0.05, 0) is 54.7 Å². The van der Waals surface area contributed by atoms with Gasteiger partial charge in [0.05, 0.1) is 6.10 Å². The molecule has 0 radical (unpaired) electrons. The van der Waals surface area contributed by atoms with Gasteiger partial charge in [0.1, 0.15) is 5.82 Å². The quantitative estimate of drug-likeness (QED) is 0.881. The Hall–Kier alpha value is -1.67. The number of hydrogen-bond donors (Lipinski definition) is 1. The molecule has 1 atom stereocenters. The van der Waals surface area contributed by atoms with Gasteiger partial charge in [-0.2, -0.15) is 0 Å². The molecule has 0 fully saturated rings. The molecule has 100 valence electrons. The average Bonchev–Trinajstić information content (AvgIpc) is 2.37. The molecule has 0 aliphatic heterocycles. The van der Waals surface area contributed by atoms with Crippen molar-refractivity contribution in [1.82, 2.24) is 0 Å². The number of benzene rings is 2. The highest BCUT2D eigenvalue weighted by Gasteiger charge is 2.11. The van der Waals surface area contributed by atoms with Crippen LogP contribution in [0.2, 0.25) is 0 Å². The van der Waals surface area contributed by atoms with E-state index in [1.54, 1.807) is 19.1 Å². The van der Waals surface area contributed by atoms with Crippen LogP contribution in [0, 0.1) is 26.6 Å². The van der Waals surface area contributed by atoms with Gasteiger partial charge < -0.3 is 5.11 Å². The minimum Gasteiger partial charge on any atom is -0.388 e. The fourth-order valence-electron chi connectivity index (χ4n) is 2.09. The standard InChI is InChI=1S/C17H19FO/c1-11-4-6-14(8-13(11)3)9-17(19)15-7-5-12(2)16(18)10-15/h4-8,10,17,19H,9H2,1-3H3. The van der Waals surface area contributed by atoms with Crippen LogP contribution in [0.1, 0.15) is 33.9 Å². The SMILES string of the molecule is Cc1ccc(CC(O)c2ccc(C)c(F)c2)cc1C. The third-order valence-corrected chi connectivity index (χ3v) is 3.58. The highest BCUT2D eigenvalue weighted by Crippen LogP contribution is 2.21. The lowest BCUT2D eigenvalue weighted by Crippen LogP contribution is -2.03. The van der Waals surface area contributed by atoms with E-state index in [-0.39, 0.29) is 5.82 Å². The van der Waals surface area contributed by atoms with E-state index in [0.717, 1.165) is 5.56 Å². The predicted molar refractivity (Wildman–Crippen MR) is 75.7 cm³/mol. The van der Waals surface area contributed by atoms with Crippen LogP contribution in [0.25, 0.3) is 0 Å². The monoisotopic (exact) mass is 258 g/mol. The van der Waals surface area contributed by atoms with Gasteiger partial charge in [-0.3, -0.25) is 0 Å². The number of rotatable bonds is 3.